The van der Waals surface area contributed by atoms with E-state index >= 15 is 0 Å². The Bertz CT molecular complexity index is 636. The molecule has 2 rings (SSSR count). The number of halogens is 1. The molecule has 0 saturated carbocycles. The van der Waals surface area contributed by atoms with E-state index in [9.17, 15) is 8.42 Å². The minimum Gasteiger partial charge on any atom is -0.355 e. The fraction of sp³-hybridized carbons (Fsp3) is 0.562. The molecule has 23 heavy (non-hydrogen) atoms. The van der Waals surface area contributed by atoms with Crippen LogP contribution in [0.25, 0.3) is 0 Å². The molecule has 1 aliphatic heterocycles. The average Bonchev–Trinajstić information content (AvgIpc) is 2.53. The largest absolute Gasteiger partial charge is 0.355 e. The molecule has 0 bridgehead atoms. The van der Waals surface area contributed by atoms with E-state index in [1.54, 1.807) is 31.3 Å². The summed E-state index contributed by atoms with van der Waals surface area (Å²) >= 11 is 5.79. The van der Waals surface area contributed by atoms with Gasteiger partial charge in [-0.2, -0.15) is 0 Å². The number of hydrogen-bond acceptors (Lipinski definition) is 3. The summed E-state index contributed by atoms with van der Waals surface area (Å²) in [6.45, 7) is 4.52. The van der Waals surface area contributed by atoms with Crippen molar-refractivity contribution in [1.82, 2.24) is 10.2 Å². The van der Waals surface area contributed by atoms with Gasteiger partial charge < -0.3 is 10.2 Å². The van der Waals surface area contributed by atoms with Crippen LogP contribution < -0.4 is 5.32 Å². The van der Waals surface area contributed by atoms with Crippen molar-refractivity contribution in [2.24, 2.45) is 10.9 Å². The molecular weight excluding hydrogens is 334 g/mol. The van der Waals surface area contributed by atoms with E-state index in [-0.39, 0.29) is 5.75 Å². The summed E-state index contributed by atoms with van der Waals surface area (Å²) in [5, 5.41) is 3.69. The number of hydrogen-bond donors (Lipinski definition) is 1. The SMILES string of the molecule is CN=C(NCCS(=O)(=O)c1ccc(Cl)cc1)N1CCC(C)CC1. The lowest BCUT2D eigenvalue weighted by molar-refractivity contribution is 0.274. The Morgan fingerprint density at radius 2 is 1.91 bits per heavy atom. The van der Waals surface area contributed by atoms with Crippen molar-refractivity contribution < 1.29 is 8.42 Å². The zero-order chi connectivity index (χ0) is 16.9. The number of rotatable bonds is 4. The Hall–Kier alpha value is -1.27. The zero-order valence-corrected chi connectivity index (χ0v) is 15.2. The molecule has 128 valence electrons. The zero-order valence-electron chi connectivity index (χ0n) is 13.6. The highest BCUT2D eigenvalue weighted by Crippen LogP contribution is 2.16. The van der Waals surface area contributed by atoms with Crippen molar-refractivity contribution in [2.45, 2.75) is 24.7 Å². The van der Waals surface area contributed by atoms with Gasteiger partial charge in [-0.25, -0.2) is 8.42 Å². The first-order chi connectivity index (χ1) is 10.9. The maximum atomic E-state index is 12.3. The number of benzene rings is 1. The van der Waals surface area contributed by atoms with Gasteiger partial charge in [0.15, 0.2) is 15.8 Å². The number of guanidine groups is 1. The molecule has 0 radical (unpaired) electrons. The predicted molar refractivity (Wildman–Crippen MR) is 94.8 cm³/mol. The quantitative estimate of drug-likeness (QED) is 0.664. The van der Waals surface area contributed by atoms with E-state index < -0.39 is 9.84 Å². The molecule has 1 aromatic rings. The van der Waals surface area contributed by atoms with Crippen LogP contribution in [-0.4, -0.2) is 51.7 Å². The first-order valence-electron chi connectivity index (χ1n) is 7.86. The normalized spacial score (nSPS) is 17.3. The molecule has 0 aliphatic carbocycles. The van der Waals surface area contributed by atoms with Crippen molar-refractivity contribution in [3.05, 3.63) is 29.3 Å². The molecule has 0 spiro atoms. The molecule has 1 N–H and O–H groups in total. The van der Waals surface area contributed by atoms with Gasteiger partial charge in [-0.3, -0.25) is 4.99 Å². The molecule has 0 amide bonds. The topological polar surface area (TPSA) is 61.8 Å². The van der Waals surface area contributed by atoms with E-state index in [4.69, 9.17) is 11.6 Å². The molecule has 1 heterocycles. The Balaban J connectivity index is 1.88. The van der Waals surface area contributed by atoms with Crippen LogP contribution in [0.2, 0.25) is 5.02 Å². The van der Waals surface area contributed by atoms with Gasteiger partial charge in [0.1, 0.15) is 0 Å². The third-order valence-corrected chi connectivity index (χ3v) is 6.11. The predicted octanol–water partition coefficient (Wildman–Crippen LogP) is 2.42. The van der Waals surface area contributed by atoms with E-state index in [2.05, 4.69) is 22.1 Å². The fourth-order valence-electron chi connectivity index (χ4n) is 2.61. The lowest BCUT2D eigenvalue weighted by Crippen LogP contribution is -2.46. The molecule has 0 atom stereocenters. The van der Waals surface area contributed by atoms with Crippen molar-refractivity contribution in [1.29, 1.82) is 0 Å². The second-order valence-electron chi connectivity index (χ2n) is 5.92. The van der Waals surface area contributed by atoms with Crippen molar-refractivity contribution in [3.63, 3.8) is 0 Å². The molecular formula is C16H24ClN3O2S. The molecule has 1 aromatic carbocycles. The number of nitrogens with zero attached hydrogens (tertiary/aromatic N) is 2. The maximum Gasteiger partial charge on any atom is 0.193 e. The first-order valence-corrected chi connectivity index (χ1v) is 9.89. The van der Waals surface area contributed by atoms with Crippen LogP contribution >= 0.6 is 11.6 Å². The first kappa shape index (κ1) is 18.1. The summed E-state index contributed by atoms with van der Waals surface area (Å²) in [5.74, 6) is 1.55. The third-order valence-electron chi connectivity index (χ3n) is 4.12. The summed E-state index contributed by atoms with van der Waals surface area (Å²) < 4.78 is 24.6. The van der Waals surface area contributed by atoms with Crippen molar-refractivity contribution in [3.8, 4) is 0 Å². The van der Waals surface area contributed by atoms with E-state index in [1.165, 1.54) is 0 Å². The number of nitrogens with one attached hydrogen (secondary N) is 1. The van der Waals surface area contributed by atoms with Crippen LogP contribution in [0.4, 0.5) is 0 Å². The third kappa shape index (κ3) is 5.11. The van der Waals surface area contributed by atoms with Gasteiger partial charge in [0.25, 0.3) is 0 Å². The molecule has 7 heteroatoms. The molecule has 5 nitrogen and oxygen atoms in total. The van der Waals surface area contributed by atoms with Crippen LogP contribution in [-0.2, 0) is 9.84 Å². The smallest absolute Gasteiger partial charge is 0.193 e. The van der Waals surface area contributed by atoms with Gasteiger partial charge >= 0.3 is 0 Å². The summed E-state index contributed by atoms with van der Waals surface area (Å²) in [7, 11) is -1.58. The van der Waals surface area contributed by atoms with Crippen molar-refractivity contribution in [2.75, 3.05) is 32.4 Å². The highest BCUT2D eigenvalue weighted by molar-refractivity contribution is 7.91. The number of likely N-dealkylation sites (tertiary alicyclic amines) is 1. The molecule has 1 aliphatic rings. The van der Waals surface area contributed by atoms with Gasteiger partial charge in [0, 0.05) is 31.7 Å². The minimum absolute atomic E-state index is 0.0257. The number of aliphatic imine (C=N–C) groups is 1. The minimum atomic E-state index is -3.32. The molecule has 0 unspecified atom stereocenters. The average molecular weight is 358 g/mol. The van der Waals surface area contributed by atoms with Gasteiger partial charge in [-0.05, 0) is 43.0 Å². The standard InChI is InChI=1S/C16H24ClN3O2S/c1-13-7-10-20(11-8-13)16(18-2)19-9-12-23(21,22)15-5-3-14(17)4-6-15/h3-6,13H,7-12H2,1-2H3,(H,18,19). The van der Waals surface area contributed by atoms with Crippen LogP contribution in [0.15, 0.2) is 34.2 Å². The Kier molecular flexibility index (Phi) is 6.30. The lowest BCUT2D eigenvalue weighted by Gasteiger charge is -2.32. The van der Waals surface area contributed by atoms with Crippen molar-refractivity contribution >= 4 is 27.4 Å². The number of sulfone groups is 1. The number of piperidine rings is 1. The highest BCUT2D eigenvalue weighted by atomic mass is 35.5. The second kappa shape index (κ2) is 8.02. The fourth-order valence-corrected chi connectivity index (χ4v) is 3.89. The Morgan fingerprint density at radius 3 is 2.48 bits per heavy atom. The summed E-state index contributed by atoms with van der Waals surface area (Å²) in [5.41, 5.74) is 0. The highest BCUT2D eigenvalue weighted by Gasteiger charge is 2.19. The summed E-state index contributed by atoms with van der Waals surface area (Å²) in [6.07, 6.45) is 2.29. The van der Waals surface area contributed by atoms with Crippen LogP contribution in [0, 0.1) is 5.92 Å². The van der Waals surface area contributed by atoms with Gasteiger partial charge in [0.05, 0.1) is 10.6 Å². The van der Waals surface area contributed by atoms with Crippen LogP contribution in [0.5, 0.6) is 0 Å². The monoisotopic (exact) mass is 357 g/mol. The Morgan fingerprint density at radius 1 is 1.30 bits per heavy atom. The van der Waals surface area contributed by atoms with E-state index in [1.807, 2.05) is 0 Å². The van der Waals surface area contributed by atoms with Gasteiger partial charge in [0.2, 0.25) is 0 Å². The van der Waals surface area contributed by atoms with E-state index in [0.29, 0.717) is 16.5 Å². The maximum absolute atomic E-state index is 12.3. The van der Waals surface area contributed by atoms with Gasteiger partial charge in [-0.15, -0.1) is 0 Å². The molecule has 0 aromatic heterocycles. The summed E-state index contributed by atoms with van der Waals surface area (Å²) in [6, 6.07) is 6.27. The molecule has 1 saturated heterocycles. The lowest BCUT2D eigenvalue weighted by atomic mass is 10.00. The van der Waals surface area contributed by atoms with Crippen LogP contribution in [0.1, 0.15) is 19.8 Å². The summed E-state index contributed by atoms with van der Waals surface area (Å²) in [4.78, 5) is 6.75. The van der Waals surface area contributed by atoms with Gasteiger partial charge in [-0.1, -0.05) is 18.5 Å². The van der Waals surface area contributed by atoms with Crippen LogP contribution in [0.3, 0.4) is 0 Å². The second-order valence-corrected chi connectivity index (χ2v) is 8.46. The van der Waals surface area contributed by atoms with E-state index in [0.717, 1.165) is 37.8 Å². The molecule has 1 fully saturated rings. The Labute approximate surface area is 143 Å².